The van der Waals surface area contributed by atoms with Crippen LogP contribution in [0.3, 0.4) is 0 Å². The topological polar surface area (TPSA) is 72.3 Å². The lowest BCUT2D eigenvalue weighted by Gasteiger charge is -2.12. The second kappa shape index (κ2) is 2.98. The lowest BCUT2D eigenvalue weighted by atomic mass is 10.1. The Labute approximate surface area is 90.0 Å². The molecule has 16 heavy (non-hydrogen) atoms. The summed E-state index contributed by atoms with van der Waals surface area (Å²) in [4.78, 5) is 24.0. The normalized spacial score (nSPS) is 17.2. The van der Waals surface area contributed by atoms with Crippen molar-refractivity contribution in [3.05, 3.63) is 34.3 Å². The first-order chi connectivity index (χ1) is 7.73. The summed E-state index contributed by atoms with van der Waals surface area (Å²) < 4.78 is 9.97. The zero-order valence-electron chi connectivity index (χ0n) is 8.36. The van der Waals surface area contributed by atoms with Gasteiger partial charge in [0.1, 0.15) is 5.60 Å². The Morgan fingerprint density at radius 1 is 1.44 bits per heavy atom. The van der Waals surface area contributed by atoms with Gasteiger partial charge >= 0.3 is 5.76 Å². The summed E-state index contributed by atoms with van der Waals surface area (Å²) in [6.07, 6.45) is 1.64. The molecule has 1 aliphatic rings. The molecule has 5 heteroatoms. The summed E-state index contributed by atoms with van der Waals surface area (Å²) in [6, 6.07) is 5.31. The van der Waals surface area contributed by atoms with Crippen molar-refractivity contribution >= 4 is 17.6 Å². The van der Waals surface area contributed by atoms with Gasteiger partial charge in [0.05, 0.1) is 5.52 Å². The molecule has 1 saturated carbocycles. The molecule has 1 fully saturated rings. The highest BCUT2D eigenvalue weighted by Crippen LogP contribution is 2.49. The number of H-pyrrole nitrogens is 1. The van der Waals surface area contributed by atoms with Gasteiger partial charge in [-0.3, -0.25) is 9.78 Å². The van der Waals surface area contributed by atoms with Crippen molar-refractivity contribution in [2.24, 2.45) is 0 Å². The van der Waals surface area contributed by atoms with Crippen molar-refractivity contribution < 1.29 is 13.9 Å². The number of ether oxygens (including phenoxy) is 1. The third-order valence-corrected chi connectivity index (χ3v) is 2.92. The first-order valence-corrected chi connectivity index (χ1v) is 4.98. The molecule has 0 radical (unpaired) electrons. The van der Waals surface area contributed by atoms with E-state index in [0.29, 0.717) is 17.6 Å². The molecule has 1 aromatic heterocycles. The van der Waals surface area contributed by atoms with Crippen molar-refractivity contribution in [1.82, 2.24) is 4.98 Å². The van der Waals surface area contributed by atoms with Crippen LogP contribution in [0, 0.1) is 0 Å². The first-order valence-electron chi connectivity index (χ1n) is 4.98. The van der Waals surface area contributed by atoms with Crippen LogP contribution in [0.5, 0.6) is 0 Å². The van der Waals surface area contributed by atoms with Gasteiger partial charge in [-0.15, -0.1) is 0 Å². The molecule has 0 amide bonds. The van der Waals surface area contributed by atoms with Crippen molar-refractivity contribution in [1.29, 1.82) is 0 Å². The standard InChI is InChI=1S/C11H9NO4/c13-6-15-11(3-4-11)7-1-2-9-8(5-7)12-10(14)16-9/h1-2,5-6H,3-4H2,(H,12,14). The molecule has 0 aliphatic heterocycles. The molecule has 1 aromatic carbocycles. The maximum absolute atomic E-state index is 11.0. The molecule has 1 N–H and O–H groups in total. The predicted molar refractivity (Wildman–Crippen MR) is 54.9 cm³/mol. The highest BCUT2D eigenvalue weighted by atomic mass is 16.5. The van der Waals surface area contributed by atoms with Crippen LogP contribution in [0.25, 0.3) is 11.1 Å². The van der Waals surface area contributed by atoms with E-state index in [2.05, 4.69) is 4.98 Å². The van der Waals surface area contributed by atoms with E-state index in [-0.39, 0.29) is 0 Å². The summed E-state index contributed by atoms with van der Waals surface area (Å²) >= 11 is 0. The Morgan fingerprint density at radius 2 is 2.25 bits per heavy atom. The van der Waals surface area contributed by atoms with Crippen LogP contribution in [0.15, 0.2) is 27.4 Å². The number of hydrogen-bond acceptors (Lipinski definition) is 4. The molecule has 1 aliphatic carbocycles. The summed E-state index contributed by atoms with van der Waals surface area (Å²) in [7, 11) is 0. The number of carbonyl (C=O) groups excluding carboxylic acids is 1. The molecule has 0 unspecified atom stereocenters. The molecule has 0 saturated heterocycles. The van der Waals surface area contributed by atoms with Crippen LogP contribution >= 0.6 is 0 Å². The number of aromatic nitrogens is 1. The fraction of sp³-hybridized carbons (Fsp3) is 0.273. The predicted octanol–water partition coefficient (Wildman–Crippen LogP) is 1.28. The number of carbonyl (C=O) groups is 1. The Balaban J connectivity index is 2.11. The quantitative estimate of drug-likeness (QED) is 0.789. The molecule has 0 bridgehead atoms. The number of hydrogen-bond donors (Lipinski definition) is 1. The third kappa shape index (κ3) is 1.25. The fourth-order valence-electron chi connectivity index (χ4n) is 1.92. The summed E-state index contributed by atoms with van der Waals surface area (Å²) in [5.41, 5.74) is 1.55. The van der Waals surface area contributed by atoms with Crippen molar-refractivity contribution in [2.45, 2.75) is 18.4 Å². The monoisotopic (exact) mass is 219 g/mol. The average molecular weight is 219 g/mol. The molecule has 5 nitrogen and oxygen atoms in total. The summed E-state index contributed by atoms with van der Waals surface area (Å²) in [6.45, 7) is 0.468. The molecular formula is C11H9NO4. The molecule has 0 atom stereocenters. The van der Waals surface area contributed by atoms with Gasteiger partial charge in [0.2, 0.25) is 0 Å². The SMILES string of the molecule is O=COC1(c2ccc3oc(=O)[nH]c3c2)CC1. The second-order valence-corrected chi connectivity index (χ2v) is 3.93. The van der Waals surface area contributed by atoms with Gasteiger partial charge in [0.15, 0.2) is 5.58 Å². The minimum Gasteiger partial charge on any atom is -0.456 e. The molecule has 1 heterocycles. The average Bonchev–Trinajstić information content (AvgIpc) is 2.93. The second-order valence-electron chi connectivity index (χ2n) is 3.93. The molecule has 3 rings (SSSR count). The van der Waals surface area contributed by atoms with E-state index in [1.165, 1.54) is 0 Å². The van der Waals surface area contributed by atoms with Crippen LogP contribution in [-0.4, -0.2) is 11.5 Å². The van der Waals surface area contributed by atoms with Crippen molar-refractivity contribution in [2.75, 3.05) is 0 Å². The van der Waals surface area contributed by atoms with Gasteiger partial charge in [0, 0.05) is 0 Å². The van der Waals surface area contributed by atoms with Gasteiger partial charge in [0.25, 0.3) is 6.47 Å². The van der Waals surface area contributed by atoms with Gasteiger partial charge in [-0.2, -0.15) is 0 Å². The van der Waals surface area contributed by atoms with Crippen molar-refractivity contribution in [3.8, 4) is 0 Å². The van der Waals surface area contributed by atoms with Gasteiger partial charge < -0.3 is 9.15 Å². The van der Waals surface area contributed by atoms with E-state index in [1.807, 2.05) is 6.07 Å². The number of oxazole rings is 1. The molecule has 2 aromatic rings. The summed E-state index contributed by atoms with van der Waals surface area (Å²) in [5, 5.41) is 0. The lowest BCUT2D eigenvalue weighted by Crippen LogP contribution is -2.10. The van der Waals surface area contributed by atoms with Crippen LogP contribution in [-0.2, 0) is 15.1 Å². The highest BCUT2D eigenvalue weighted by Gasteiger charge is 2.47. The van der Waals surface area contributed by atoms with E-state index in [4.69, 9.17) is 9.15 Å². The van der Waals surface area contributed by atoms with Gasteiger partial charge in [-0.05, 0) is 30.5 Å². The van der Waals surface area contributed by atoms with E-state index in [1.54, 1.807) is 12.1 Å². The van der Waals surface area contributed by atoms with E-state index in [9.17, 15) is 9.59 Å². The zero-order chi connectivity index (χ0) is 11.2. The van der Waals surface area contributed by atoms with E-state index >= 15 is 0 Å². The Hall–Kier alpha value is -2.04. The number of rotatable bonds is 3. The summed E-state index contributed by atoms with van der Waals surface area (Å²) in [5.74, 6) is -0.478. The number of fused-ring (bicyclic) bond motifs is 1. The lowest BCUT2D eigenvalue weighted by molar-refractivity contribution is -0.136. The minimum atomic E-state index is -0.482. The molecule has 82 valence electrons. The molecular weight excluding hydrogens is 210 g/mol. The van der Waals surface area contributed by atoms with Crippen molar-refractivity contribution in [3.63, 3.8) is 0 Å². The Bertz CT molecular complexity index is 606. The Kier molecular flexibility index (Phi) is 1.71. The van der Waals surface area contributed by atoms with Gasteiger partial charge in [-0.25, -0.2) is 4.79 Å². The van der Waals surface area contributed by atoms with E-state index < -0.39 is 11.4 Å². The minimum absolute atomic E-state index is 0.468. The first kappa shape index (κ1) is 9.21. The van der Waals surface area contributed by atoms with Crippen LogP contribution in [0.1, 0.15) is 18.4 Å². The van der Waals surface area contributed by atoms with Crippen LogP contribution in [0.2, 0.25) is 0 Å². The van der Waals surface area contributed by atoms with Crippen LogP contribution in [0.4, 0.5) is 0 Å². The number of aromatic amines is 1. The number of benzene rings is 1. The van der Waals surface area contributed by atoms with Crippen LogP contribution < -0.4 is 5.76 Å². The number of nitrogens with one attached hydrogen (secondary N) is 1. The maximum atomic E-state index is 11.0. The third-order valence-electron chi connectivity index (χ3n) is 2.92. The zero-order valence-corrected chi connectivity index (χ0v) is 8.36. The Morgan fingerprint density at radius 3 is 2.94 bits per heavy atom. The fourth-order valence-corrected chi connectivity index (χ4v) is 1.92. The van der Waals surface area contributed by atoms with E-state index in [0.717, 1.165) is 18.4 Å². The molecule has 0 spiro atoms. The largest absolute Gasteiger partial charge is 0.456 e. The highest BCUT2D eigenvalue weighted by molar-refractivity contribution is 5.73. The van der Waals surface area contributed by atoms with Gasteiger partial charge in [-0.1, -0.05) is 6.07 Å². The smallest absolute Gasteiger partial charge is 0.417 e. The maximum Gasteiger partial charge on any atom is 0.417 e.